The van der Waals surface area contributed by atoms with Crippen molar-refractivity contribution in [3.05, 3.63) is 24.3 Å². The van der Waals surface area contributed by atoms with Gasteiger partial charge in [-0.2, -0.15) is 0 Å². The van der Waals surface area contributed by atoms with Gasteiger partial charge in [-0.1, -0.05) is 19.3 Å². The molecule has 0 unspecified atom stereocenters. The Labute approximate surface area is 153 Å². The molecule has 0 bridgehead atoms. The fraction of sp³-hybridized carbons (Fsp3) is 0.526. The average Bonchev–Trinajstić information content (AvgIpc) is 2.67. The fourth-order valence-corrected chi connectivity index (χ4v) is 2.91. The molecule has 1 aliphatic rings. The standard InChI is InChI=1S/C19H27N3O4/c1-2-26-16-10-8-15(9-11-16)20-17(23)12-13-18(24)21-22-19(25)14-6-4-3-5-7-14/h8-11,14H,2-7,12-13H2,1H3,(H,20,23)(H,21,24)(H,22,25). The lowest BCUT2D eigenvalue weighted by Gasteiger charge is -2.20. The van der Waals surface area contributed by atoms with Crippen LogP contribution in [-0.2, 0) is 14.4 Å². The Morgan fingerprint density at radius 1 is 0.962 bits per heavy atom. The summed E-state index contributed by atoms with van der Waals surface area (Å²) in [4.78, 5) is 35.6. The summed E-state index contributed by atoms with van der Waals surface area (Å²) < 4.78 is 5.33. The van der Waals surface area contributed by atoms with Crippen LogP contribution < -0.4 is 20.9 Å². The summed E-state index contributed by atoms with van der Waals surface area (Å²) in [6.07, 6.45) is 5.06. The van der Waals surface area contributed by atoms with Gasteiger partial charge < -0.3 is 10.1 Å². The number of nitrogens with one attached hydrogen (secondary N) is 3. The van der Waals surface area contributed by atoms with E-state index in [0.29, 0.717) is 12.3 Å². The van der Waals surface area contributed by atoms with Crippen LogP contribution in [0.3, 0.4) is 0 Å². The highest BCUT2D eigenvalue weighted by Crippen LogP contribution is 2.23. The molecule has 0 radical (unpaired) electrons. The summed E-state index contributed by atoms with van der Waals surface area (Å²) >= 11 is 0. The third kappa shape index (κ3) is 6.74. The van der Waals surface area contributed by atoms with Crippen LogP contribution >= 0.6 is 0 Å². The van der Waals surface area contributed by atoms with Crippen molar-refractivity contribution in [3.8, 4) is 5.75 Å². The number of amides is 3. The van der Waals surface area contributed by atoms with Crippen molar-refractivity contribution in [2.45, 2.75) is 51.9 Å². The van der Waals surface area contributed by atoms with E-state index in [-0.39, 0.29) is 36.5 Å². The molecule has 0 aliphatic heterocycles. The van der Waals surface area contributed by atoms with Crippen LogP contribution in [0.5, 0.6) is 5.75 Å². The monoisotopic (exact) mass is 361 g/mol. The second kappa shape index (κ2) is 10.4. The number of hydrogen-bond acceptors (Lipinski definition) is 4. The molecule has 0 atom stereocenters. The van der Waals surface area contributed by atoms with Crippen molar-refractivity contribution in [2.24, 2.45) is 5.92 Å². The first-order chi connectivity index (χ1) is 12.6. The highest BCUT2D eigenvalue weighted by Gasteiger charge is 2.21. The van der Waals surface area contributed by atoms with Crippen LogP contribution in [0, 0.1) is 5.92 Å². The molecule has 7 nitrogen and oxygen atoms in total. The van der Waals surface area contributed by atoms with Gasteiger partial charge in [-0.3, -0.25) is 25.2 Å². The van der Waals surface area contributed by atoms with E-state index in [1.54, 1.807) is 24.3 Å². The number of anilines is 1. The topological polar surface area (TPSA) is 96.5 Å². The molecule has 1 aliphatic carbocycles. The van der Waals surface area contributed by atoms with Gasteiger partial charge in [-0.15, -0.1) is 0 Å². The van der Waals surface area contributed by atoms with Gasteiger partial charge >= 0.3 is 0 Å². The Kier molecular flexibility index (Phi) is 7.92. The summed E-state index contributed by atoms with van der Waals surface area (Å²) in [5, 5.41) is 2.72. The molecule has 3 N–H and O–H groups in total. The second-order valence-corrected chi connectivity index (χ2v) is 6.38. The molecule has 7 heteroatoms. The molecule has 1 aromatic carbocycles. The van der Waals surface area contributed by atoms with Crippen molar-refractivity contribution >= 4 is 23.4 Å². The van der Waals surface area contributed by atoms with E-state index in [4.69, 9.17) is 4.74 Å². The maximum Gasteiger partial charge on any atom is 0.241 e. The van der Waals surface area contributed by atoms with Crippen molar-refractivity contribution in [3.63, 3.8) is 0 Å². The van der Waals surface area contributed by atoms with Gasteiger partial charge in [0.15, 0.2) is 0 Å². The Hall–Kier alpha value is -2.57. The Bertz CT molecular complexity index is 610. The van der Waals surface area contributed by atoms with E-state index in [2.05, 4.69) is 16.2 Å². The number of rotatable bonds is 7. The lowest BCUT2D eigenvalue weighted by molar-refractivity contribution is -0.132. The Morgan fingerprint density at radius 3 is 2.27 bits per heavy atom. The second-order valence-electron chi connectivity index (χ2n) is 6.38. The summed E-state index contributed by atoms with van der Waals surface area (Å²) in [5.41, 5.74) is 5.49. The van der Waals surface area contributed by atoms with Gasteiger partial charge in [0.25, 0.3) is 0 Å². The number of benzene rings is 1. The maximum atomic E-state index is 11.9. The summed E-state index contributed by atoms with van der Waals surface area (Å²) in [5.74, 6) is -0.0681. The van der Waals surface area contributed by atoms with Crippen LogP contribution in [0.1, 0.15) is 51.9 Å². The highest BCUT2D eigenvalue weighted by molar-refractivity contribution is 5.93. The van der Waals surface area contributed by atoms with Crippen molar-refractivity contribution < 1.29 is 19.1 Å². The first-order valence-corrected chi connectivity index (χ1v) is 9.20. The molecule has 1 fully saturated rings. The maximum absolute atomic E-state index is 11.9. The molecule has 142 valence electrons. The van der Waals surface area contributed by atoms with E-state index in [9.17, 15) is 14.4 Å². The van der Waals surface area contributed by atoms with Gasteiger partial charge in [-0.25, -0.2) is 0 Å². The van der Waals surface area contributed by atoms with E-state index in [1.165, 1.54) is 6.42 Å². The lowest BCUT2D eigenvalue weighted by atomic mass is 9.89. The van der Waals surface area contributed by atoms with Crippen LogP contribution in [0.25, 0.3) is 0 Å². The van der Waals surface area contributed by atoms with Crippen molar-refractivity contribution in [1.82, 2.24) is 10.9 Å². The molecule has 1 saturated carbocycles. The van der Waals surface area contributed by atoms with Crippen LogP contribution in [0.4, 0.5) is 5.69 Å². The highest BCUT2D eigenvalue weighted by atomic mass is 16.5. The number of carbonyl (C=O) groups excluding carboxylic acids is 3. The van der Waals surface area contributed by atoms with E-state index >= 15 is 0 Å². The molecule has 0 spiro atoms. The van der Waals surface area contributed by atoms with Gasteiger partial charge in [0.05, 0.1) is 6.61 Å². The smallest absolute Gasteiger partial charge is 0.241 e. The van der Waals surface area contributed by atoms with Crippen LogP contribution in [0.2, 0.25) is 0 Å². The number of hydrazine groups is 1. The first-order valence-electron chi connectivity index (χ1n) is 9.20. The predicted octanol–water partition coefficient (Wildman–Crippen LogP) is 2.53. The van der Waals surface area contributed by atoms with E-state index < -0.39 is 0 Å². The molecule has 2 rings (SSSR count). The molecule has 0 saturated heterocycles. The summed E-state index contributed by atoms with van der Waals surface area (Å²) in [6, 6.07) is 7.03. The minimum atomic E-state index is -0.379. The predicted molar refractivity (Wildman–Crippen MR) is 98.3 cm³/mol. The van der Waals surface area contributed by atoms with Gasteiger partial charge in [0.2, 0.25) is 17.7 Å². The molecule has 1 aromatic rings. The Morgan fingerprint density at radius 2 is 1.62 bits per heavy atom. The van der Waals surface area contributed by atoms with Gasteiger partial charge in [0, 0.05) is 24.4 Å². The zero-order chi connectivity index (χ0) is 18.8. The minimum absolute atomic E-state index is 0.00775. The molecule has 0 aromatic heterocycles. The molecular formula is C19H27N3O4. The third-order valence-corrected chi connectivity index (χ3v) is 4.33. The quantitative estimate of drug-likeness (QED) is 0.650. The number of carbonyl (C=O) groups is 3. The molecular weight excluding hydrogens is 334 g/mol. The largest absolute Gasteiger partial charge is 0.494 e. The van der Waals surface area contributed by atoms with Crippen molar-refractivity contribution in [1.29, 1.82) is 0 Å². The third-order valence-electron chi connectivity index (χ3n) is 4.33. The van der Waals surface area contributed by atoms with Crippen molar-refractivity contribution in [2.75, 3.05) is 11.9 Å². The normalized spacial score (nSPS) is 14.3. The number of hydrogen-bond donors (Lipinski definition) is 3. The molecule has 26 heavy (non-hydrogen) atoms. The lowest BCUT2D eigenvalue weighted by Crippen LogP contribution is -2.45. The van der Waals surface area contributed by atoms with Crippen LogP contribution in [-0.4, -0.2) is 24.3 Å². The van der Waals surface area contributed by atoms with Crippen LogP contribution in [0.15, 0.2) is 24.3 Å². The SMILES string of the molecule is CCOc1ccc(NC(=O)CCC(=O)NNC(=O)C2CCCCC2)cc1. The van der Waals surface area contributed by atoms with Gasteiger partial charge in [-0.05, 0) is 44.0 Å². The summed E-state index contributed by atoms with van der Waals surface area (Å²) in [6.45, 7) is 2.48. The molecule has 0 heterocycles. The first kappa shape index (κ1) is 19.8. The van der Waals surface area contributed by atoms with E-state index in [0.717, 1.165) is 31.4 Å². The molecule has 3 amide bonds. The zero-order valence-corrected chi connectivity index (χ0v) is 15.2. The summed E-state index contributed by atoms with van der Waals surface area (Å²) in [7, 11) is 0. The minimum Gasteiger partial charge on any atom is -0.494 e. The average molecular weight is 361 g/mol. The zero-order valence-electron chi connectivity index (χ0n) is 15.2. The van der Waals surface area contributed by atoms with E-state index in [1.807, 2.05) is 6.92 Å². The number of ether oxygens (including phenoxy) is 1. The Balaban J connectivity index is 1.64. The fourth-order valence-electron chi connectivity index (χ4n) is 2.91. The van der Waals surface area contributed by atoms with Gasteiger partial charge in [0.1, 0.15) is 5.75 Å².